The van der Waals surface area contributed by atoms with Crippen LogP contribution in [0.15, 0.2) is 54.6 Å². The van der Waals surface area contributed by atoms with Crippen molar-refractivity contribution >= 4 is 23.5 Å². The fourth-order valence-electron chi connectivity index (χ4n) is 4.34. The molecule has 2 aliphatic rings. The van der Waals surface area contributed by atoms with Gasteiger partial charge < -0.3 is 9.84 Å². The molecule has 2 heterocycles. The zero-order chi connectivity index (χ0) is 20.1. The molecule has 0 saturated carbocycles. The molecule has 0 radical (unpaired) electrons. The molecule has 0 spiro atoms. The SMILES string of the molecule is COC(=O)C1(C)NC(c2ccc(O)cc2)C2C(=O)N(c3ccccc3)C(=O)C21. The summed E-state index contributed by atoms with van der Waals surface area (Å²) in [5, 5.41) is 12.7. The number of hydrogen-bond acceptors (Lipinski definition) is 6. The molecule has 2 N–H and O–H groups in total. The van der Waals surface area contributed by atoms with E-state index >= 15 is 0 Å². The molecule has 144 valence electrons. The monoisotopic (exact) mass is 380 g/mol. The summed E-state index contributed by atoms with van der Waals surface area (Å²) in [7, 11) is 1.26. The van der Waals surface area contributed by atoms with E-state index in [9.17, 15) is 19.5 Å². The highest BCUT2D eigenvalue weighted by Gasteiger charge is 2.67. The Morgan fingerprint density at radius 2 is 1.71 bits per heavy atom. The number of aromatic hydroxyl groups is 1. The van der Waals surface area contributed by atoms with Gasteiger partial charge in [0.05, 0.1) is 24.6 Å². The summed E-state index contributed by atoms with van der Waals surface area (Å²) in [5.74, 6) is -2.95. The molecular formula is C21H20N2O5. The molecule has 2 aromatic carbocycles. The van der Waals surface area contributed by atoms with Gasteiger partial charge in [-0.3, -0.25) is 19.7 Å². The average molecular weight is 380 g/mol. The minimum Gasteiger partial charge on any atom is -0.508 e. The van der Waals surface area contributed by atoms with Crippen LogP contribution in [-0.2, 0) is 19.1 Å². The van der Waals surface area contributed by atoms with Gasteiger partial charge in [0.25, 0.3) is 0 Å². The first-order valence-electron chi connectivity index (χ1n) is 8.96. The summed E-state index contributed by atoms with van der Waals surface area (Å²) < 4.78 is 4.95. The Morgan fingerprint density at radius 3 is 2.32 bits per heavy atom. The van der Waals surface area contributed by atoms with Crippen molar-refractivity contribution in [1.29, 1.82) is 0 Å². The van der Waals surface area contributed by atoms with Gasteiger partial charge in [0.1, 0.15) is 11.3 Å². The number of nitrogens with zero attached hydrogens (tertiary/aromatic N) is 1. The summed E-state index contributed by atoms with van der Waals surface area (Å²) in [4.78, 5) is 40.3. The van der Waals surface area contributed by atoms with Gasteiger partial charge in [-0.15, -0.1) is 0 Å². The number of benzene rings is 2. The van der Waals surface area contributed by atoms with Crippen molar-refractivity contribution in [1.82, 2.24) is 5.32 Å². The van der Waals surface area contributed by atoms with E-state index in [1.165, 1.54) is 19.2 Å². The Balaban J connectivity index is 1.82. The molecule has 2 aromatic rings. The second-order valence-electron chi connectivity index (χ2n) is 7.26. The molecule has 2 saturated heterocycles. The first kappa shape index (κ1) is 18.2. The van der Waals surface area contributed by atoms with E-state index in [0.29, 0.717) is 11.3 Å². The standard InChI is InChI=1S/C21H20N2O5/c1-21(20(27)28-2)16-15(17(22-21)12-8-10-14(24)11-9-12)18(25)23(19(16)26)13-6-4-3-5-7-13/h3-11,15-17,22,24H,1-2H3. The second-order valence-corrected chi connectivity index (χ2v) is 7.26. The number of fused-ring (bicyclic) bond motifs is 1. The minimum atomic E-state index is -1.35. The third-order valence-electron chi connectivity index (χ3n) is 5.66. The number of para-hydroxylation sites is 1. The summed E-state index contributed by atoms with van der Waals surface area (Å²) in [5.41, 5.74) is -0.168. The van der Waals surface area contributed by atoms with Crippen LogP contribution in [0.25, 0.3) is 0 Å². The number of rotatable bonds is 3. The van der Waals surface area contributed by atoms with Gasteiger partial charge >= 0.3 is 5.97 Å². The third-order valence-corrected chi connectivity index (χ3v) is 5.66. The lowest BCUT2D eigenvalue weighted by Crippen LogP contribution is -2.54. The predicted octanol–water partition coefficient (Wildman–Crippen LogP) is 1.77. The number of carbonyl (C=O) groups is 3. The molecule has 4 rings (SSSR count). The smallest absolute Gasteiger partial charge is 0.326 e. The second kappa shape index (κ2) is 6.45. The Kier molecular flexibility index (Phi) is 4.19. The minimum absolute atomic E-state index is 0.0914. The largest absolute Gasteiger partial charge is 0.508 e. The van der Waals surface area contributed by atoms with E-state index in [1.807, 2.05) is 0 Å². The fourth-order valence-corrected chi connectivity index (χ4v) is 4.34. The molecule has 2 fully saturated rings. The van der Waals surface area contributed by atoms with Crippen LogP contribution in [0.5, 0.6) is 5.75 Å². The summed E-state index contributed by atoms with van der Waals surface area (Å²) >= 11 is 0. The van der Waals surface area contributed by atoms with Crippen LogP contribution >= 0.6 is 0 Å². The quantitative estimate of drug-likeness (QED) is 0.622. The van der Waals surface area contributed by atoms with Crippen LogP contribution in [0.1, 0.15) is 18.5 Å². The van der Waals surface area contributed by atoms with Crippen molar-refractivity contribution in [3.05, 3.63) is 60.2 Å². The summed E-state index contributed by atoms with van der Waals surface area (Å²) in [6.45, 7) is 1.59. The highest BCUT2D eigenvalue weighted by molar-refractivity contribution is 6.24. The van der Waals surface area contributed by atoms with Crippen LogP contribution in [0.3, 0.4) is 0 Å². The van der Waals surface area contributed by atoms with Gasteiger partial charge in [0, 0.05) is 6.04 Å². The molecule has 2 amide bonds. The Labute approximate surface area is 161 Å². The van der Waals surface area contributed by atoms with Crippen LogP contribution in [0.2, 0.25) is 0 Å². The molecule has 0 bridgehead atoms. The van der Waals surface area contributed by atoms with Crippen molar-refractivity contribution in [3.63, 3.8) is 0 Å². The van der Waals surface area contributed by atoms with Crippen molar-refractivity contribution < 1.29 is 24.2 Å². The van der Waals surface area contributed by atoms with Crippen LogP contribution < -0.4 is 10.2 Å². The molecule has 0 aromatic heterocycles. The number of hydrogen-bond donors (Lipinski definition) is 2. The van der Waals surface area contributed by atoms with Gasteiger partial charge in [-0.1, -0.05) is 30.3 Å². The molecule has 4 unspecified atom stereocenters. The van der Waals surface area contributed by atoms with Gasteiger partial charge in [-0.2, -0.15) is 0 Å². The number of amides is 2. The van der Waals surface area contributed by atoms with E-state index < -0.39 is 35.3 Å². The van der Waals surface area contributed by atoms with Crippen molar-refractivity contribution in [3.8, 4) is 5.75 Å². The number of imide groups is 1. The fraction of sp³-hybridized carbons (Fsp3) is 0.286. The van der Waals surface area contributed by atoms with Crippen molar-refractivity contribution in [2.75, 3.05) is 12.0 Å². The van der Waals surface area contributed by atoms with Crippen LogP contribution in [0.4, 0.5) is 5.69 Å². The highest BCUT2D eigenvalue weighted by Crippen LogP contribution is 2.50. The molecule has 28 heavy (non-hydrogen) atoms. The van der Waals surface area contributed by atoms with Crippen molar-refractivity contribution in [2.45, 2.75) is 18.5 Å². The third kappa shape index (κ3) is 2.51. The van der Waals surface area contributed by atoms with Crippen LogP contribution in [-0.4, -0.2) is 35.5 Å². The molecular weight excluding hydrogens is 360 g/mol. The summed E-state index contributed by atoms with van der Waals surface area (Å²) in [6.07, 6.45) is 0. The Hall–Kier alpha value is -3.19. The first-order valence-corrected chi connectivity index (χ1v) is 8.96. The van der Waals surface area contributed by atoms with Gasteiger partial charge in [0.2, 0.25) is 11.8 Å². The number of phenols is 1. The lowest BCUT2D eigenvalue weighted by Gasteiger charge is -2.28. The number of nitrogens with one attached hydrogen (secondary N) is 1. The Morgan fingerprint density at radius 1 is 1.07 bits per heavy atom. The predicted molar refractivity (Wildman–Crippen MR) is 100 cm³/mol. The molecule has 4 atom stereocenters. The Bertz CT molecular complexity index is 943. The maximum Gasteiger partial charge on any atom is 0.326 e. The van der Waals surface area contributed by atoms with E-state index in [4.69, 9.17) is 4.74 Å². The van der Waals surface area contributed by atoms with Gasteiger partial charge in [-0.25, -0.2) is 4.90 Å². The van der Waals surface area contributed by atoms with E-state index in [0.717, 1.165) is 4.90 Å². The maximum absolute atomic E-state index is 13.3. The topological polar surface area (TPSA) is 95.9 Å². The highest BCUT2D eigenvalue weighted by atomic mass is 16.5. The van der Waals surface area contributed by atoms with Crippen molar-refractivity contribution in [2.24, 2.45) is 11.8 Å². The van der Waals surface area contributed by atoms with E-state index in [-0.39, 0.29) is 11.7 Å². The van der Waals surface area contributed by atoms with E-state index in [1.54, 1.807) is 49.4 Å². The zero-order valence-electron chi connectivity index (χ0n) is 15.5. The number of anilines is 1. The zero-order valence-corrected chi connectivity index (χ0v) is 15.5. The molecule has 0 aliphatic carbocycles. The number of phenolic OH excluding ortho intramolecular Hbond substituents is 1. The molecule has 7 nitrogen and oxygen atoms in total. The number of esters is 1. The average Bonchev–Trinajstić information content (AvgIpc) is 3.16. The van der Waals surface area contributed by atoms with E-state index in [2.05, 4.69) is 5.32 Å². The maximum atomic E-state index is 13.3. The number of ether oxygens (including phenoxy) is 1. The molecule has 7 heteroatoms. The number of methoxy groups -OCH3 is 1. The van der Waals surface area contributed by atoms with Gasteiger partial charge in [-0.05, 0) is 36.8 Å². The number of carbonyl (C=O) groups excluding carboxylic acids is 3. The summed E-state index contributed by atoms with van der Waals surface area (Å²) in [6, 6.07) is 14.5. The first-order chi connectivity index (χ1) is 13.4. The normalized spacial score (nSPS) is 29.1. The van der Waals surface area contributed by atoms with Gasteiger partial charge in [0.15, 0.2) is 0 Å². The van der Waals surface area contributed by atoms with Crippen LogP contribution in [0, 0.1) is 11.8 Å². The lowest BCUT2D eigenvalue weighted by atomic mass is 9.80. The lowest BCUT2D eigenvalue weighted by molar-refractivity contribution is -0.151. The molecule has 2 aliphatic heterocycles.